The fourth-order valence-corrected chi connectivity index (χ4v) is 3.11. The number of hydrogen-bond acceptors (Lipinski definition) is 5. The summed E-state index contributed by atoms with van der Waals surface area (Å²) in [5, 5.41) is 17.1. The van der Waals surface area contributed by atoms with Crippen LogP contribution in [-0.2, 0) is 0 Å². The van der Waals surface area contributed by atoms with Gasteiger partial charge in [0.15, 0.2) is 5.69 Å². The van der Waals surface area contributed by atoms with E-state index < -0.39 is 0 Å². The van der Waals surface area contributed by atoms with Crippen LogP contribution in [-0.4, -0.2) is 46.4 Å². The van der Waals surface area contributed by atoms with Gasteiger partial charge >= 0.3 is 0 Å². The van der Waals surface area contributed by atoms with Crippen molar-refractivity contribution in [2.75, 3.05) is 25.0 Å². The lowest BCUT2D eigenvalue weighted by atomic mass is 10.1. The number of amides is 2. The summed E-state index contributed by atoms with van der Waals surface area (Å²) in [4.78, 5) is 24.4. The number of rotatable bonds is 6. The highest BCUT2D eigenvalue weighted by molar-refractivity contribution is 6.03. The van der Waals surface area contributed by atoms with Gasteiger partial charge in [0.2, 0.25) is 0 Å². The van der Waals surface area contributed by atoms with Gasteiger partial charge in [-0.25, -0.2) is 4.68 Å². The third-order valence-electron chi connectivity index (χ3n) is 4.61. The van der Waals surface area contributed by atoms with Crippen molar-refractivity contribution in [3.05, 3.63) is 53.9 Å². The fraction of sp³-hybridized carbons (Fsp3) is 0.368. The van der Waals surface area contributed by atoms with Crippen LogP contribution in [0.25, 0.3) is 0 Å². The molecule has 2 amide bonds. The van der Waals surface area contributed by atoms with Gasteiger partial charge < -0.3 is 16.0 Å². The van der Waals surface area contributed by atoms with Crippen LogP contribution in [0.5, 0.6) is 0 Å². The summed E-state index contributed by atoms with van der Waals surface area (Å²) in [6.45, 7) is 7.72. The second-order valence-corrected chi connectivity index (χ2v) is 6.48. The molecule has 1 aliphatic heterocycles. The zero-order valence-electron chi connectivity index (χ0n) is 15.4. The SMILES string of the molecule is C=CCNC(=O)c1ccc(NC(=O)c2nnn(C3CCNCC3)c2C)cc1. The predicted octanol–water partition coefficient (Wildman–Crippen LogP) is 1.68. The zero-order chi connectivity index (χ0) is 19.2. The lowest BCUT2D eigenvalue weighted by molar-refractivity contribution is 0.0957. The Morgan fingerprint density at radius 2 is 1.96 bits per heavy atom. The molecule has 0 aliphatic carbocycles. The van der Waals surface area contributed by atoms with Gasteiger partial charge in [0.25, 0.3) is 11.8 Å². The highest BCUT2D eigenvalue weighted by Gasteiger charge is 2.23. The average molecular weight is 368 g/mol. The van der Waals surface area contributed by atoms with Crippen LogP contribution in [0, 0.1) is 6.92 Å². The highest BCUT2D eigenvalue weighted by Crippen LogP contribution is 2.21. The molecule has 1 saturated heterocycles. The van der Waals surface area contributed by atoms with Gasteiger partial charge in [-0.05, 0) is 57.1 Å². The number of nitrogens with one attached hydrogen (secondary N) is 3. The van der Waals surface area contributed by atoms with Crippen LogP contribution in [0.1, 0.15) is 45.4 Å². The first-order valence-electron chi connectivity index (χ1n) is 9.03. The second kappa shape index (κ2) is 8.59. The minimum absolute atomic E-state index is 0.187. The van der Waals surface area contributed by atoms with E-state index in [0.29, 0.717) is 23.5 Å². The number of piperidine rings is 1. The topological polar surface area (TPSA) is 101 Å². The Balaban J connectivity index is 1.66. The summed E-state index contributed by atoms with van der Waals surface area (Å²) < 4.78 is 1.85. The van der Waals surface area contributed by atoms with Crippen molar-refractivity contribution >= 4 is 17.5 Å². The summed E-state index contributed by atoms with van der Waals surface area (Å²) >= 11 is 0. The van der Waals surface area contributed by atoms with Crippen molar-refractivity contribution in [3.63, 3.8) is 0 Å². The molecule has 1 aliphatic rings. The van der Waals surface area contributed by atoms with E-state index in [9.17, 15) is 9.59 Å². The predicted molar refractivity (Wildman–Crippen MR) is 103 cm³/mol. The van der Waals surface area contributed by atoms with Gasteiger partial charge in [-0.1, -0.05) is 11.3 Å². The number of nitrogens with zero attached hydrogens (tertiary/aromatic N) is 3. The Morgan fingerprint density at radius 1 is 1.26 bits per heavy atom. The first-order valence-corrected chi connectivity index (χ1v) is 9.03. The van der Waals surface area contributed by atoms with Crippen molar-refractivity contribution in [1.29, 1.82) is 0 Å². The smallest absolute Gasteiger partial charge is 0.278 e. The van der Waals surface area contributed by atoms with E-state index in [4.69, 9.17) is 0 Å². The van der Waals surface area contributed by atoms with Gasteiger partial charge in [0, 0.05) is 17.8 Å². The van der Waals surface area contributed by atoms with Crippen LogP contribution in [0.2, 0.25) is 0 Å². The van der Waals surface area contributed by atoms with Crippen molar-refractivity contribution in [2.24, 2.45) is 0 Å². The summed E-state index contributed by atoms with van der Waals surface area (Å²) in [5.41, 5.74) is 2.19. The molecule has 27 heavy (non-hydrogen) atoms. The molecular weight excluding hydrogens is 344 g/mol. The van der Waals surface area contributed by atoms with E-state index in [0.717, 1.165) is 31.6 Å². The van der Waals surface area contributed by atoms with Crippen LogP contribution in [0.15, 0.2) is 36.9 Å². The molecule has 142 valence electrons. The minimum atomic E-state index is -0.309. The highest BCUT2D eigenvalue weighted by atomic mass is 16.2. The molecule has 0 atom stereocenters. The Labute approximate surface area is 158 Å². The van der Waals surface area contributed by atoms with Crippen molar-refractivity contribution in [2.45, 2.75) is 25.8 Å². The third kappa shape index (κ3) is 4.40. The quantitative estimate of drug-likeness (QED) is 0.674. The lowest BCUT2D eigenvalue weighted by Crippen LogP contribution is -2.30. The van der Waals surface area contributed by atoms with Crippen LogP contribution in [0.3, 0.4) is 0 Å². The average Bonchev–Trinajstić information content (AvgIpc) is 3.09. The molecule has 3 N–H and O–H groups in total. The molecule has 8 nitrogen and oxygen atoms in total. The number of anilines is 1. The molecule has 1 aromatic carbocycles. The van der Waals surface area contributed by atoms with Crippen molar-refractivity contribution < 1.29 is 9.59 Å². The number of carbonyl (C=O) groups excluding carboxylic acids is 2. The van der Waals surface area contributed by atoms with Gasteiger partial charge in [-0.2, -0.15) is 0 Å². The Hall–Kier alpha value is -3.00. The fourth-order valence-electron chi connectivity index (χ4n) is 3.11. The minimum Gasteiger partial charge on any atom is -0.349 e. The standard InChI is InChI=1S/C19H24N6O2/c1-3-10-21-18(26)14-4-6-15(7-5-14)22-19(27)17-13(2)25(24-23-17)16-8-11-20-12-9-16/h3-7,16,20H,1,8-12H2,2H3,(H,21,26)(H,22,27). The second-order valence-electron chi connectivity index (χ2n) is 6.48. The van der Waals surface area contributed by atoms with Crippen molar-refractivity contribution in [3.8, 4) is 0 Å². The molecule has 3 rings (SSSR count). The molecule has 0 radical (unpaired) electrons. The van der Waals surface area contributed by atoms with Gasteiger partial charge in [0.05, 0.1) is 11.7 Å². The Kier molecular flexibility index (Phi) is 5.97. The van der Waals surface area contributed by atoms with Gasteiger partial charge in [-0.3, -0.25) is 9.59 Å². The molecule has 0 saturated carbocycles. The van der Waals surface area contributed by atoms with Crippen molar-refractivity contribution in [1.82, 2.24) is 25.6 Å². The molecule has 8 heteroatoms. The van der Waals surface area contributed by atoms with Crippen LogP contribution in [0.4, 0.5) is 5.69 Å². The van der Waals surface area contributed by atoms with E-state index in [2.05, 4.69) is 32.8 Å². The molecule has 1 fully saturated rings. The van der Waals surface area contributed by atoms with E-state index in [1.165, 1.54) is 0 Å². The molecule has 2 aromatic rings. The van der Waals surface area contributed by atoms with E-state index in [1.807, 2.05) is 11.6 Å². The first kappa shape index (κ1) is 18.8. The summed E-state index contributed by atoms with van der Waals surface area (Å²) in [5.74, 6) is -0.495. The molecule has 0 spiro atoms. The van der Waals surface area contributed by atoms with Crippen LogP contribution < -0.4 is 16.0 Å². The molecular formula is C19H24N6O2. The Bertz CT molecular complexity index is 821. The van der Waals surface area contributed by atoms with Gasteiger partial charge in [0.1, 0.15) is 0 Å². The maximum atomic E-state index is 12.6. The normalized spacial score (nSPS) is 14.6. The third-order valence-corrected chi connectivity index (χ3v) is 4.61. The maximum Gasteiger partial charge on any atom is 0.278 e. The zero-order valence-corrected chi connectivity index (χ0v) is 15.4. The van der Waals surface area contributed by atoms with E-state index >= 15 is 0 Å². The number of carbonyl (C=O) groups is 2. The number of hydrogen-bond donors (Lipinski definition) is 3. The van der Waals surface area contributed by atoms with E-state index in [-0.39, 0.29) is 17.9 Å². The summed E-state index contributed by atoms with van der Waals surface area (Å²) in [7, 11) is 0. The molecule has 0 unspecified atom stereocenters. The Morgan fingerprint density at radius 3 is 2.63 bits per heavy atom. The summed E-state index contributed by atoms with van der Waals surface area (Å²) in [6, 6.07) is 6.97. The van der Waals surface area contributed by atoms with Crippen LogP contribution >= 0.6 is 0 Å². The monoisotopic (exact) mass is 368 g/mol. The largest absolute Gasteiger partial charge is 0.349 e. The number of aromatic nitrogens is 3. The lowest BCUT2D eigenvalue weighted by Gasteiger charge is -2.23. The molecule has 1 aromatic heterocycles. The summed E-state index contributed by atoms with van der Waals surface area (Å²) in [6.07, 6.45) is 3.56. The molecule has 2 heterocycles. The van der Waals surface area contributed by atoms with E-state index in [1.54, 1.807) is 30.3 Å². The number of benzene rings is 1. The van der Waals surface area contributed by atoms with Gasteiger partial charge in [-0.15, -0.1) is 11.7 Å². The molecule has 0 bridgehead atoms. The first-order chi connectivity index (χ1) is 13.1. The maximum absolute atomic E-state index is 12.6.